The van der Waals surface area contributed by atoms with E-state index in [1.807, 2.05) is 30.3 Å². The average Bonchev–Trinajstić information content (AvgIpc) is 3.05. The third-order valence-electron chi connectivity index (χ3n) is 4.10. The minimum atomic E-state index is -0.126. The molecule has 0 saturated carbocycles. The van der Waals surface area contributed by atoms with Crippen LogP contribution in [-0.2, 0) is 4.74 Å². The Bertz CT molecular complexity index is 661. The Kier molecular flexibility index (Phi) is 5.27. The van der Waals surface area contributed by atoms with Crippen LogP contribution in [0.2, 0.25) is 0 Å². The Labute approximate surface area is 142 Å². The number of nitrogens with one attached hydrogen (secondary N) is 2. The highest BCUT2D eigenvalue weighted by Crippen LogP contribution is 2.16. The fourth-order valence-electron chi connectivity index (χ4n) is 3.08. The molecule has 24 heavy (non-hydrogen) atoms. The summed E-state index contributed by atoms with van der Waals surface area (Å²) < 4.78 is 5.72. The van der Waals surface area contributed by atoms with Crippen molar-refractivity contribution in [2.75, 3.05) is 26.2 Å². The topological polar surface area (TPSA) is 70.2 Å². The minimum absolute atomic E-state index is 0.126. The van der Waals surface area contributed by atoms with Gasteiger partial charge in [-0.1, -0.05) is 30.3 Å². The first-order valence-electron chi connectivity index (χ1n) is 8.38. The Balaban J connectivity index is 1.50. The number of hydrogen-bond acceptors (Lipinski definition) is 4. The number of carbonyl (C=O) groups is 1. The fourth-order valence-corrected chi connectivity index (χ4v) is 3.08. The monoisotopic (exact) mass is 328 g/mol. The number of H-pyrrole nitrogens is 1. The van der Waals surface area contributed by atoms with E-state index in [2.05, 4.69) is 34.3 Å². The van der Waals surface area contributed by atoms with Crippen molar-refractivity contribution in [2.45, 2.75) is 26.1 Å². The number of carbonyl (C=O) groups excluding carboxylic acids is 1. The summed E-state index contributed by atoms with van der Waals surface area (Å²) in [6.07, 6.45) is 0.482. The van der Waals surface area contributed by atoms with Gasteiger partial charge in [0.05, 0.1) is 17.9 Å². The van der Waals surface area contributed by atoms with Crippen LogP contribution in [0.4, 0.5) is 0 Å². The van der Waals surface area contributed by atoms with Crippen LogP contribution < -0.4 is 5.32 Å². The summed E-state index contributed by atoms with van der Waals surface area (Å²) in [6.45, 7) is 7.40. The molecule has 0 bridgehead atoms. The van der Waals surface area contributed by atoms with Gasteiger partial charge in [0.2, 0.25) is 0 Å². The lowest BCUT2D eigenvalue weighted by Crippen LogP contribution is -2.47. The molecule has 1 aromatic carbocycles. The molecule has 1 amide bonds. The number of benzene rings is 1. The molecule has 0 spiro atoms. The van der Waals surface area contributed by atoms with Crippen LogP contribution in [0, 0.1) is 0 Å². The van der Waals surface area contributed by atoms with Crippen molar-refractivity contribution in [3.05, 3.63) is 42.1 Å². The van der Waals surface area contributed by atoms with Gasteiger partial charge < -0.3 is 10.1 Å². The van der Waals surface area contributed by atoms with E-state index >= 15 is 0 Å². The number of nitrogens with zero attached hydrogens (tertiary/aromatic N) is 2. The maximum atomic E-state index is 12.2. The number of morpholine rings is 1. The van der Waals surface area contributed by atoms with Gasteiger partial charge in [-0.25, -0.2) is 0 Å². The number of aromatic nitrogens is 2. The third-order valence-corrected chi connectivity index (χ3v) is 4.10. The lowest BCUT2D eigenvalue weighted by Gasteiger charge is -2.35. The molecule has 1 aliphatic rings. The van der Waals surface area contributed by atoms with E-state index in [9.17, 15) is 4.79 Å². The van der Waals surface area contributed by atoms with Crippen molar-refractivity contribution in [1.29, 1.82) is 0 Å². The van der Waals surface area contributed by atoms with Crippen molar-refractivity contribution in [1.82, 2.24) is 20.4 Å². The Morgan fingerprint density at radius 2 is 2.00 bits per heavy atom. The third kappa shape index (κ3) is 4.21. The molecule has 1 fully saturated rings. The smallest absolute Gasteiger partial charge is 0.269 e. The van der Waals surface area contributed by atoms with Gasteiger partial charge in [0.1, 0.15) is 5.69 Å². The number of aromatic amines is 1. The molecule has 2 atom stereocenters. The summed E-state index contributed by atoms with van der Waals surface area (Å²) in [4.78, 5) is 14.6. The lowest BCUT2D eigenvalue weighted by atomic mass is 10.1. The number of ether oxygens (including phenoxy) is 1. The van der Waals surface area contributed by atoms with E-state index in [0.29, 0.717) is 12.2 Å². The SMILES string of the molecule is C[C@H]1CN(CCNC(=O)c2cc(-c3ccccc3)n[nH]2)C[C@H](C)O1. The van der Waals surface area contributed by atoms with Crippen LogP contribution in [-0.4, -0.2) is 59.4 Å². The maximum Gasteiger partial charge on any atom is 0.269 e. The highest BCUT2D eigenvalue weighted by Gasteiger charge is 2.21. The molecule has 0 aliphatic carbocycles. The predicted octanol–water partition coefficient (Wildman–Crippen LogP) is 1.92. The first-order valence-corrected chi connectivity index (χ1v) is 8.38. The van der Waals surface area contributed by atoms with Gasteiger partial charge in [0.25, 0.3) is 5.91 Å². The van der Waals surface area contributed by atoms with Crippen LogP contribution in [0.15, 0.2) is 36.4 Å². The van der Waals surface area contributed by atoms with Crippen molar-refractivity contribution >= 4 is 5.91 Å². The summed E-state index contributed by atoms with van der Waals surface area (Å²) in [5.41, 5.74) is 2.25. The standard InChI is InChI=1S/C18H24N4O2/c1-13-11-22(12-14(2)24-13)9-8-19-18(23)17-10-16(20-21-17)15-6-4-3-5-7-15/h3-7,10,13-14H,8-9,11-12H2,1-2H3,(H,19,23)(H,20,21)/t13-,14-/m0/s1. The van der Waals surface area contributed by atoms with Crippen LogP contribution >= 0.6 is 0 Å². The molecular weight excluding hydrogens is 304 g/mol. The van der Waals surface area contributed by atoms with E-state index in [0.717, 1.165) is 30.9 Å². The van der Waals surface area contributed by atoms with Gasteiger partial charge in [-0.3, -0.25) is 14.8 Å². The molecule has 3 rings (SSSR count). The molecule has 2 N–H and O–H groups in total. The second-order valence-corrected chi connectivity index (χ2v) is 6.31. The normalized spacial score (nSPS) is 21.6. The largest absolute Gasteiger partial charge is 0.373 e. The number of hydrogen-bond donors (Lipinski definition) is 2. The van der Waals surface area contributed by atoms with Crippen LogP contribution in [0.5, 0.6) is 0 Å². The summed E-state index contributed by atoms with van der Waals surface area (Å²) in [6, 6.07) is 11.6. The predicted molar refractivity (Wildman–Crippen MR) is 92.8 cm³/mol. The molecule has 128 valence electrons. The summed E-state index contributed by atoms with van der Waals surface area (Å²) in [7, 11) is 0. The van der Waals surface area contributed by atoms with Gasteiger partial charge in [0, 0.05) is 31.7 Å². The zero-order chi connectivity index (χ0) is 16.9. The second-order valence-electron chi connectivity index (χ2n) is 6.31. The molecule has 0 unspecified atom stereocenters. The van der Waals surface area contributed by atoms with E-state index in [1.165, 1.54) is 0 Å². The molecule has 6 nitrogen and oxygen atoms in total. The van der Waals surface area contributed by atoms with Gasteiger partial charge in [-0.15, -0.1) is 0 Å². The fraction of sp³-hybridized carbons (Fsp3) is 0.444. The molecule has 2 heterocycles. The quantitative estimate of drug-likeness (QED) is 0.880. The van der Waals surface area contributed by atoms with E-state index < -0.39 is 0 Å². The minimum Gasteiger partial charge on any atom is -0.373 e. The average molecular weight is 328 g/mol. The van der Waals surface area contributed by atoms with Crippen LogP contribution in [0.3, 0.4) is 0 Å². The molecule has 6 heteroatoms. The van der Waals surface area contributed by atoms with E-state index in [4.69, 9.17) is 4.74 Å². The van der Waals surface area contributed by atoms with Crippen molar-refractivity contribution in [3.63, 3.8) is 0 Å². The summed E-state index contributed by atoms with van der Waals surface area (Å²) in [5, 5.41) is 9.97. The highest BCUT2D eigenvalue weighted by atomic mass is 16.5. The Hall–Kier alpha value is -2.18. The Morgan fingerprint density at radius 3 is 2.71 bits per heavy atom. The lowest BCUT2D eigenvalue weighted by molar-refractivity contribution is -0.0672. The summed E-state index contributed by atoms with van der Waals surface area (Å²) in [5.74, 6) is -0.126. The van der Waals surface area contributed by atoms with Gasteiger partial charge in [0.15, 0.2) is 0 Å². The second kappa shape index (κ2) is 7.59. The molecule has 1 saturated heterocycles. The Morgan fingerprint density at radius 1 is 1.29 bits per heavy atom. The van der Waals surface area contributed by atoms with Gasteiger partial charge in [-0.2, -0.15) is 5.10 Å². The van der Waals surface area contributed by atoms with Gasteiger partial charge >= 0.3 is 0 Å². The summed E-state index contributed by atoms with van der Waals surface area (Å²) >= 11 is 0. The van der Waals surface area contributed by atoms with E-state index in [-0.39, 0.29) is 18.1 Å². The zero-order valence-corrected chi connectivity index (χ0v) is 14.2. The molecule has 2 aromatic rings. The maximum absolute atomic E-state index is 12.2. The number of rotatable bonds is 5. The molecule has 1 aromatic heterocycles. The van der Waals surface area contributed by atoms with Crippen molar-refractivity contribution < 1.29 is 9.53 Å². The van der Waals surface area contributed by atoms with Crippen molar-refractivity contribution in [3.8, 4) is 11.3 Å². The van der Waals surface area contributed by atoms with Gasteiger partial charge in [-0.05, 0) is 19.9 Å². The molecular formula is C18H24N4O2. The first kappa shape index (κ1) is 16.7. The highest BCUT2D eigenvalue weighted by molar-refractivity contribution is 5.93. The zero-order valence-electron chi connectivity index (χ0n) is 14.2. The van der Waals surface area contributed by atoms with E-state index in [1.54, 1.807) is 6.07 Å². The number of amides is 1. The molecule has 0 radical (unpaired) electrons. The van der Waals surface area contributed by atoms with Crippen molar-refractivity contribution in [2.24, 2.45) is 0 Å². The molecule has 1 aliphatic heterocycles. The first-order chi connectivity index (χ1) is 11.6. The van der Waals surface area contributed by atoms with Crippen LogP contribution in [0.1, 0.15) is 24.3 Å². The van der Waals surface area contributed by atoms with Crippen LogP contribution in [0.25, 0.3) is 11.3 Å².